The van der Waals surface area contributed by atoms with Crippen LogP contribution in [0.2, 0.25) is 0 Å². The molecule has 0 radical (unpaired) electrons. The van der Waals surface area contributed by atoms with Gasteiger partial charge in [-0.1, -0.05) is 20.8 Å². The van der Waals surface area contributed by atoms with E-state index in [-0.39, 0.29) is 17.4 Å². The van der Waals surface area contributed by atoms with Crippen molar-refractivity contribution in [3.8, 4) is 0 Å². The topological polar surface area (TPSA) is 41.1 Å². The molecule has 1 atom stereocenters. The molecule has 0 rings (SSSR count). The third-order valence-electron chi connectivity index (χ3n) is 1.58. The third kappa shape index (κ3) is 5.13. The van der Waals surface area contributed by atoms with E-state index >= 15 is 0 Å². The Morgan fingerprint density at radius 1 is 1.42 bits per heavy atom. The molecule has 12 heavy (non-hydrogen) atoms. The summed E-state index contributed by atoms with van der Waals surface area (Å²) >= 11 is 0. The van der Waals surface area contributed by atoms with Crippen molar-refractivity contribution in [2.24, 2.45) is 5.41 Å². The van der Waals surface area contributed by atoms with Crippen molar-refractivity contribution in [3.05, 3.63) is 0 Å². The minimum Gasteiger partial charge on any atom is -0.358 e. The van der Waals surface area contributed by atoms with Gasteiger partial charge in [-0.25, -0.2) is 0 Å². The predicted octanol–water partition coefficient (Wildman–Crippen LogP) is 0.757. The Morgan fingerprint density at radius 2 is 1.92 bits per heavy atom. The zero-order valence-corrected chi connectivity index (χ0v) is 8.69. The number of carbonyl (C=O) groups is 1. The SMILES string of the molecule is CNC(=O)C(C)NCC(C)(C)C. The Morgan fingerprint density at radius 3 is 2.25 bits per heavy atom. The van der Waals surface area contributed by atoms with Crippen molar-refractivity contribution in [2.75, 3.05) is 13.6 Å². The van der Waals surface area contributed by atoms with Crippen LogP contribution in [0, 0.1) is 5.41 Å². The second kappa shape index (κ2) is 4.45. The predicted molar refractivity (Wildman–Crippen MR) is 51.0 cm³/mol. The van der Waals surface area contributed by atoms with Gasteiger partial charge >= 0.3 is 0 Å². The highest BCUT2D eigenvalue weighted by atomic mass is 16.2. The van der Waals surface area contributed by atoms with E-state index in [2.05, 4.69) is 31.4 Å². The van der Waals surface area contributed by atoms with Gasteiger partial charge < -0.3 is 10.6 Å². The number of carbonyl (C=O) groups excluding carboxylic acids is 1. The van der Waals surface area contributed by atoms with E-state index in [1.807, 2.05) is 6.92 Å². The van der Waals surface area contributed by atoms with Gasteiger partial charge in [0.15, 0.2) is 0 Å². The molecule has 0 aliphatic carbocycles. The average Bonchev–Trinajstić information content (AvgIpc) is 1.97. The summed E-state index contributed by atoms with van der Waals surface area (Å²) in [5, 5.41) is 5.76. The van der Waals surface area contributed by atoms with Gasteiger partial charge in [0.1, 0.15) is 0 Å². The number of likely N-dealkylation sites (N-methyl/N-ethyl adjacent to an activating group) is 1. The van der Waals surface area contributed by atoms with Crippen molar-refractivity contribution >= 4 is 5.91 Å². The van der Waals surface area contributed by atoms with E-state index in [4.69, 9.17) is 0 Å². The number of rotatable bonds is 3. The number of hydrogen-bond donors (Lipinski definition) is 2. The van der Waals surface area contributed by atoms with E-state index in [1.54, 1.807) is 7.05 Å². The van der Waals surface area contributed by atoms with Gasteiger partial charge in [0, 0.05) is 13.6 Å². The first-order chi connectivity index (χ1) is 5.37. The highest BCUT2D eigenvalue weighted by Gasteiger charge is 2.14. The monoisotopic (exact) mass is 172 g/mol. The third-order valence-corrected chi connectivity index (χ3v) is 1.58. The van der Waals surface area contributed by atoms with Crippen LogP contribution in [0.5, 0.6) is 0 Å². The zero-order valence-electron chi connectivity index (χ0n) is 8.69. The first-order valence-electron chi connectivity index (χ1n) is 4.32. The van der Waals surface area contributed by atoms with E-state index in [1.165, 1.54) is 0 Å². The fourth-order valence-corrected chi connectivity index (χ4v) is 0.768. The molecule has 2 N–H and O–H groups in total. The lowest BCUT2D eigenvalue weighted by Crippen LogP contribution is -2.43. The lowest BCUT2D eigenvalue weighted by molar-refractivity contribution is -0.122. The maximum atomic E-state index is 11.1. The van der Waals surface area contributed by atoms with Crippen molar-refractivity contribution in [3.63, 3.8) is 0 Å². The van der Waals surface area contributed by atoms with Crippen LogP contribution in [0.15, 0.2) is 0 Å². The first kappa shape index (κ1) is 11.4. The molecule has 72 valence electrons. The van der Waals surface area contributed by atoms with Crippen molar-refractivity contribution in [1.29, 1.82) is 0 Å². The molecule has 0 aliphatic rings. The molecule has 0 fully saturated rings. The standard InChI is InChI=1S/C9H20N2O/c1-7(8(12)10-5)11-6-9(2,3)4/h7,11H,6H2,1-5H3,(H,10,12). The van der Waals surface area contributed by atoms with Crippen LogP contribution in [0.3, 0.4) is 0 Å². The van der Waals surface area contributed by atoms with Gasteiger partial charge in [0.05, 0.1) is 6.04 Å². The Hall–Kier alpha value is -0.570. The van der Waals surface area contributed by atoms with Gasteiger partial charge in [-0.2, -0.15) is 0 Å². The Bertz CT molecular complexity index is 149. The Labute approximate surface area is 74.9 Å². The molecule has 0 aliphatic heterocycles. The summed E-state index contributed by atoms with van der Waals surface area (Å²) in [4.78, 5) is 11.1. The molecule has 0 aromatic rings. The van der Waals surface area contributed by atoms with Crippen LogP contribution in [0.1, 0.15) is 27.7 Å². The maximum absolute atomic E-state index is 11.1. The fourth-order valence-electron chi connectivity index (χ4n) is 0.768. The lowest BCUT2D eigenvalue weighted by Gasteiger charge is -2.21. The van der Waals surface area contributed by atoms with Crippen LogP contribution < -0.4 is 10.6 Å². The quantitative estimate of drug-likeness (QED) is 0.660. The van der Waals surface area contributed by atoms with Crippen molar-refractivity contribution in [2.45, 2.75) is 33.7 Å². The van der Waals surface area contributed by atoms with Crippen LogP contribution >= 0.6 is 0 Å². The largest absolute Gasteiger partial charge is 0.358 e. The summed E-state index contributed by atoms with van der Waals surface area (Å²) in [7, 11) is 1.65. The zero-order chi connectivity index (χ0) is 9.78. The minimum absolute atomic E-state index is 0.0410. The molecule has 0 aromatic heterocycles. The van der Waals surface area contributed by atoms with Crippen molar-refractivity contribution < 1.29 is 4.79 Å². The van der Waals surface area contributed by atoms with Crippen LogP contribution in [0.4, 0.5) is 0 Å². The highest BCUT2D eigenvalue weighted by molar-refractivity contribution is 5.80. The molecule has 1 unspecified atom stereocenters. The lowest BCUT2D eigenvalue weighted by atomic mass is 9.96. The smallest absolute Gasteiger partial charge is 0.236 e. The number of amides is 1. The fraction of sp³-hybridized carbons (Fsp3) is 0.889. The Balaban J connectivity index is 3.72. The summed E-state index contributed by atoms with van der Waals surface area (Å²) in [6.45, 7) is 9.12. The van der Waals surface area contributed by atoms with E-state index in [0.29, 0.717) is 0 Å². The summed E-state index contributed by atoms with van der Waals surface area (Å²) in [6.07, 6.45) is 0. The van der Waals surface area contributed by atoms with Gasteiger partial charge in [-0.15, -0.1) is 0 Å². The number of hydrogen-bond acceptors (Lipinski definition) is 2. The first-order valence-corrected chi connectivity index (χ1v) is 4.32. The Kier molecular flexibility index (Phi) is 4.24. The minimum atomic E-state index is -0.103. The second-order valence-electron chi connectivity index (χ2n) is 4.28. The molecule has 0 heterocycles. The molecular formula is C9H20N2O. The van der Waals surface area contributed by atoms with Gasteiger partial charge in [0.25, 0.3) is 0 Å². The molecule has 1 amide bonds. The summed E-state index contributed by atoms with van der Waals surface area (Å²) in [5.41, 5.74) is 0.224. The van der Waals surface area contributed by atoms with Crippen molar-refractivity contribution in [1.82, 2.24) is 10.6 Å². The average molecular weight is 172 g/mol. The number of nitrogens with one attached hydrogen (secondary N) is 2. The molecule has 3 heteroatoms. The maximum Gasteiger partial charge on any atom is 0.236 e. The van der Waals surface area contributed by atoms with Crippen LogP contribution in [0.25, 0.3) is 0 Å². The second-order valence-corrected chi connectivity index (χ2v) is 4.28. The van der Waals surface area contributed by atoms with E-state index in [9.17, 15) is 4.79 Å². The summed E-state index contributed by atoms with van der Waals surface area (Å²) in [5.74, 6) is 0.0410. The van der Waals surface area contributed by atoms with Gasteiger partial charge in [-0.05, 0) is 12.3 Å². The van der Waals surface area contributed by atoms with Gasteiger partial charge in [0.2, 0.25) is 5.91 Å². The van der Waals surface area contributed by atoms with Crippen LogP contribution in [-0.4, -0.2) is 25.5 Å². The normalized spacial score (nSPS) is 14.1. The summed E-state index contributed by atoms with van der Waals surface area (Å²) < 4.78 is 0. The molecule has 3 nitrogen and oxygen atoms in total. The molecule has 0 saturated carbocycles. The van der Waals surface area contributed by atoms with Crippen LogP contribution in [-0.2, 0) is 4.79 Å². The highest BCUT2D eigenvalue weighted by Crippen LogP contribution is 2.10. The molecule has 0 spiro atoms. The van der Waals surface area contributed by atoms with Gasteiger partial charge in [-0.3, -0.25) is 4.79 Å². The molecule has 0 saturated heterocycles. The molecule has 0 bridgehead atoms. The van der Waals surface area contributed by atoms with E-state index in [0.717, 1.165) is 6.54 Å². The van der Waals surface area contributed by atoms with E-state index < -0.39 is 0 Å². The molecule has 0 aromatic carbocycles. The summed E-state index contributed by atoms with van der Waals surface area (Å²) in [6, 6.07) is -0.103. The molecular weight excluding hydrogens is 152 g/mol.